The fraction of sp³-hybridized carbons (Fsp3) is 0.611. The molecule has 1 aliphatic heterocycles. The summed E-state index contributed by atoms with van der Waals surface area (Å²) in [5.41, 5.74) is 1.86. The Morgan fingerprint density at radius 2 is 1.79 bits per heavy atom. The fourth-order valence-corrected chi connectivity index (χ4v) is 4.49. The molecule has 0 unspecified atom stereocenters. The molecule has 0 aliphatic carbocycles. The van der Waals surface area contributed by atoms with Crippen molar-refractivity contribution >= 4 is 15.9 Å². The number of benzene rings is 1. The molecule has 1 fully saturated rings. The maximum Gasteiger partial charge on any atom is 0.251 e. The van der Waals surface area contributed by atoms with Crippen molar-refractivity contribution in [3.8, 4) is 0 Å². The van der Waals surface area contributed by atoms with E-state index in [0.29, 0.717) is 43.8 Å². The molecule has 24 heavy (non-hydrogen) atoms. The first kappa shape index (κ1) is 18.9. The number of sulfonamides is 1. The van der Waals surface area contributed by atoms with E-state index in [9.17, 15) is 13.2 Å². The van der Waals surface area contributed by atoms with Crippen molar-refractivity contribution in [1.82, 2.24) is 9.62 Å². The summed E-state index contributed by atoms with van der Waals surface area (Å²) in [6.07, 6.45) is 1.96. The zero-order valence-corrected chi connectivity index (χ0v) is 15.6. The Morgan fingerprint density at radius 3 is 2.29 bits per heavy atom. The molecule has 0 aromatic heterocycles. The van der Waals surface area contributed by atoms with E-state index >= 15 is 0 Å². The summed E-state index contributed by atoms with van der Waals surface area (Å²) >= 11 is 0. The van der Waals surface area contributed by atoms with Crippen LogP contribution in [0.4, 0.5) is 0 Å². The summed E-state index contributed by atoms with van der Waals surface area (Å²) < 4.78 is 25.7. The van der Waals surface area contributed by atoms with Gasteiger partial charge in [-0.15, -0.1) is 0 Å². The molecule has 1 amide bonds. The van der Waals surface area contributed by atoms with Crippen LogP contribution in [0.15, 0.2) is 24.3 Å². The van der Waals surface area contributed by atoms with Crippen molar-refractivity contribution < 1.29 is 13.2 Å². The van der Waals surface area contributed by atoms with Crippen LogP contribution in [-0.4, -0.2) is 43.5 Å². The van der Waals surface area contributed by atoms with Crippen molar-refractivity contribution in [2.75, 3.05) is 18.8 Å². The molecule has 1 saturated heterocycles. The van der Waals surface area contributed by atoms with Gasteiger partial charge in [-0.05, 0) is 42.9 Å². The average molecular weight is 353 g/mol. The first-order valence-corrected chi connectivity index (χ1v) is 10.3. The van der Waals surface area contributed by atoms with E-state index in [1.165, 1.54) is 5.56 Å². The molecule has 0 spiro atoms. The number of nitrogens with one attached hydrogen (secondary N) is 1. The molecule has 1 heterocycles. The van der Waals surface area contributed by atoms with Crippen LogP contribution in [0.25, 0.3) is 0 Å². The van der Waals surface area contributed by atoms with Crippen LogP contribution in [0.3, 0.4) is 0 Å². The van der Waals surface area contributed by atoms with Gasteiger partial charge in [0.15, 0.2) is 0 Å². The predicted octanol–water partition coefficient (Wildman–Crippen LogP) is 2.74. The third-order valence-corrected chi connectivity index (χ3v) is 6.56. The maximum absolute atomic E-state index is 12.3. The third kappa shape index (κ3) is 4.80. The van der Waals surface area contributed by atoms with E-state index in [0.717, 1.165) is 0 Å². The van der Waals surface area contributed by atoms with Gasteiger partial charge in [0.25, 0.3) is 5.91 Å². The van der Waals surface area contributed by atoms with Gasteiger partial charge in [0.05, 0.1) is 5.75 Å². The summed E-state index contributed by atoms with van der Waals surface area (Å²) in [5, 5.41) is 3.03. The molecule has 1 aliphatic rings. The molecule has 1 aromatic carbocycles. The number of hydrogen-bond donors (Lipinski definition) is 1. The lowest BCUT2D eigenvalue weighted by molar-refractivity contribution is 0.0924. The summed E-state index contributed by atoms with van der Waals surface area (Å²) in [5.74, 6) is 0.559. The molecule has 1 aromatic rings. The topological polar surface area (TPSA) is 66.5 Å². The Bertz CT molecular complexity index is 645. The van der Waals surface area contributed by atoms with Gasteiger partial charge >= 0.3 is 0 Å². The van der Waals surface area contributed by atoms with E-state index in [-0.39, 0.29) is 17.7 Å². The fourth-order valence-electron chi connectivity index (χ4n) is 2.95. The lowest BCUT2D eigenvalue weighted by Gasteiger charge is -2.31. The summed E-state index contributed by atoms with van der Waals surface area (Å²) in [7, 11) is -3.13. The number of rotatable bonds is 6. The second-order valence-electron chi connectivity index (χ2n) is 6.74. The van der Waals surface area contributed by atoms with Gasteiger partial charge in [0.1, 0.15) is 0 Å². The highest BCUT2D eigenvalue weighted by Gasteiger charge is 2.28. The van der Waals surface area contributed by atoms with Gasteiger partial charge in [-0.25, -0.2) is 12.7 Å². The van der Waals surface area contributed by atoms with Gasteiger partial charge in [-0.1, -0.05) is 32.9 Å². The SMILES string of the molecule is CCCS(=O)(=O)N1CCC(NC(=O)c2ccc(C(C)C)cc2)CC1. The Hall–Kier alpha value is -1.40. The van der Waals surface area contributed by atoms with Crippen LogP contribution >= 0.6 is 0 Å². The largest absolute Gasteiger partial charge is 0.349 e. The van der Waals surface area contributed by atoms with Crippen LogP contribution in [0.2, 0.25) is 0 Å². The van der Waals surface area contributed by atoms with Crippen LogP contribution < -0.4 is 5.32 Å². The monoisotopic (exact) mass is 352 g/mol. The molecular weight excluding hydrogens is 324 g/mol. The van der Waals surface area contributed by atoms with Crippen molar-refractivity contribution in [3.63, 3.8) is 0 Å². The van der Waals surface area contributed by atoms with Crippen LogP contribution in [0.5, 0.6) is 0 Å². The Morgan fingerprint density at radius 1 is 1.21 bits per heavy atom. The number of carbonyl (C=O) groups is 1. The highest BCUT2D eigenvalue weighted by Crippen LogP contribution is 2.17. The van der Waals surface area contributed by atoms with Gasteiger partial charge in [-0.3, -0.25) is 4.79 Å². The lowest BCUT2D eigenvalue weighted by atomic mass is 10.0. The Kier molecular flexibility index (Phi) is 6.40. The summed E-state index contributed by atoms with van der Waals surface area (Å²) in [4.78, 5) is 12.3. The molecule has 134 valence electrons. The van der Waals surface area contributed by atoms with E-state index in [2.05, 4.69) is 19.2 Å². The van der Waals surface area contributed by atoms with Crippen LogP contribution in [-0.2, 0) is 10.0 Å². The number of carbonyl (C=O) groups excluding carboxylic acids is 1. The molecular formula is C18H28N2O3S. The zero-order valence-electron chi connectivity index (χ0n) is 14.8. The molecule has 0 saturated carbocycles. The second kappa shape index (κ2) is 8.12. The molecule has 5 nitrogen and oxygen atoms in total. The Balaban J connectivity index is 1.88. The number of hydrogen-bond acceptors (Lipinski definition) is 3. The van der Waals surface area contributed by atoms with Gasteiger partial charge in [-0.2, -0.15) is 0 Å². The molecule has 0 atom stereocenters. The number of piperidine rings is 1. The molecule has 2 rings (SSSR count). The van der Waals surface area contributed by atoms with E-state index in [1.807, 2.05) is 31.2 Å². The minimum Gasteiger partial charge on any atom is -0.349 e. The number of nitrogens with zero attached hydrogens (tertiary/aromatic N) is 1. The minimum absolute atomic E-state index is 0.0374. The highest BCUT2D eigenvalue weighted by atomic mass is 32.2. The average Bonchev–Trinajstić information content (AvgIpc) is 2.55. The minimum atomic E-state index is -3.13. The summed E-state index contributed by atoms with van der Waals surface area (Å²) in [6.45, 7) is 7.08. The predicted molar refractivity (Wildman–Crippen MR) is 96.7 cm³/mol. The zero-order chi connectivity index (χ0) is 17.7. The quantitative estimate of drug-likeness (QED) is 0.856. The lowest BCUT2D eigenvalue weighted by Crippen LogP contribution is -2.47. The third-order valence-electron chi connectivity index (χ3n) is 4.48. The number of amides is 1. The van der Waals surface area contributed by atoms with Gasteiger partial charge in [0.2, 0.25) is 10.0 Å². The van der Waals surface area contributed by atoms with Gasteiger partial charge in [0, 0.05) is 24.7 Å². The second-order valence-corrected chi connectivity index (χ2v) is 8.83. The normalized spacial score (nSPS) is 17.2. The van der Waals surface area contributed by atoms with E-state index in [1.54, 1.807) is 4.31 Å². The van der Waals surface area contributed by atoms with Crippen molar-refractivity contribution in [2.45, 2.75) is 52.0 Å². The van der Waals surface area contributed by atoms with Crippen molar-refractivity contribution in [3.05, 3.63) is 35.4 Å². The Labute approximate surface area is 145 Å². The van der Waals surface area contributed by atoms with Crippen molar-refractivity contribution in [2.24, 2.45) is 0 Å². The molecule has 0 radical (unpaired) electrons. The van der Waals surface area contributed by atoms with Crippen molar-refractivity contribution in [1.29, 1.82) is 0 Å². The first-order valence-electron chi connectivity index (χ1n) is 8.72. The van der Waals surface area contributed by atoms with Crippen LogP contribution in [0.1, 0.15) is 61.9 Å². The highest BCUT2D eigenvalue weighted by molar-refractivity contribution is 7.89. The van der Waals surface area contributed by atoms with E-state index in [4.69, 9.17) is 0 Å². The molecule has 1 N–H and O–H groups in total. The maximum atomic E-state index is 12.3. The standard InChI is InChI=1S/C18H28N2O3S/c1-4-13-24(22,23)20-11-9-17(10-12-20)19-18(21)16-7-5-15(6-8-16)14(2)3/h5-8,14,17H,4,9-13H2,1-3H3,(H,19,21). The molecule has 6 heteroatoms. The van der Waals surface area contributed by atoms with Gasteiger partial charge < -0.3 is 5.32 Å². The van der Waals surface area contributed by atoms with Crippen LogP contribution in [0, 0.1) is 0 Å². The summed E-state index contributed by atoms with van der Waals surface area (Å²) in [6, 6.07) is 7.71. The van der Waals surface area contributed by atoms with E-state index < -0.39 is 10.0 Å². The first-order chi connectivity index (χ1) is 11.3. The molecule has 0 bridgehead atoms. The smallest absolute Gasteiger partial charge is 0.251 e.